The zero-order chi connectivity index (χ0) is 24.8. The highest BCUT2D eigenvalue weighted by Crippen LogP contribution is 2.31. The number of ether oxygens (including phenoxy) is 2. The molecule has 0 heterocycles. The van der Waals surface area contributed by atoms with Crippen molar-refractivity contribution >= 4 is 10.8 Å². The van der Waals surface area contributed by atoms with Crippen LogP contribution in [0.25, 0.3) is 21.9 Å². The van der Waals surface area contributed by atoms with Gasteiger partial charge in [-0.1, -0.05) is 49.7 Å². The molecule has 0 aliphatic heterocycles. The van der Waals surface area contributed by atoms with Crippen LogP contribution in [0.2, 0.25) is 0 Å². The van der Waals surface area contributed by atoms with Gasteiger partial charge in [-0.3, -0.25) is 0 Å². The number of fused-ring (bicyclic) bond motifs is 1. The normalized spacial score (nSPS) is 11.3. The molecular weight excluding hydrogens is 456 g/mol. The lowest BCUT2D eigenvalue weighted by Gasteiger charge is -2.11. The molecule has 4 aromatic rings. The summed E-state index contributed by atoms with van der Waals surface area (Å²) < 4.78 is 64.4. The minimum absolute atomic E-state index is 0.0894. The van der Waals surface area contributed by atoms with Crippen molar-refractivity contribution in [3.05, 3.63) is 95.6 Å². The lowest BCUT2D eigenvalue weighted by Crippen LogP contribution is -2.02. The van der Waals surface area contributed by atoms with E-state index in [4.69, 9.17) is 4.74 Å². The smallest absolute Gasteiger partial charge is 0.387 e. The van der Waals surface area contributed by atoms with Gasteiger partial charge in [0.05, 0.1) is 6.61 Å². The first kappa shape index (κ1) is 24.6. The number of hydrogen-bond donors (Lipinski definition) is 0. The number of aryl methyl sites for hydroxylation is 2. The highest BCUT2D eigenvalue weighted by molar-refractivity contribution is 5.88. The van der Waals surface area contributed by atoms with E-state index in [-0.39, 0.29) is 17.4 Å². The summed E-state index contributed by atoms with van der Waals surface area (Å²) in [4.78, 5) is 0. The number of rotatable bonds is 10. The highest BCUT2D eigenvalue weighted by Gasteiger charge is 2.12. The third-order valence-electron chi connectivity index (χ3n) is 5.88. The van der Waals surface area contributed by atoms with Gasteiger partial charge in [0.2, 0.25) is 0 Å². The average molecular weight is 483 g/mol. The Balaban J connectivity index is 1.48. The average Bonchev–Trinajstić information content (AvgIpc) is 2.84. The third kappa shape index (κ3) is 6.13. The van der Waals surface area contributed by atoms with Crippen molar-refractivity contribution in [3.8, 4) is 22.6 Å². The second-order valence-corrected chi connectivity index (χ2v) is 8.34. The van der Waals surface area contributed by atoms with E-state index < -0.39 is 6.61 Å². The summed E-state index contributed by atoms with van der Waals surface area (Å²) in [6, 6.07) is 19.9. The van der Waals surface area contributed by atoms with E-state index in [2.05, 4.69) is 11.7 Å². The molecule has 0 radical (unpaired) electrons. The van der Waals surface area contributed by atoms with Gasteiger partial charge in [-0.05, 0) is 71.7 Å². The van der Waals surface area contributed by atoms with Gasteiger partial charge in [-0.15, -0.1) is 0 Å². The fourth-order valence-electron chi connectivity index (χ4n) is 3.97. The first-order chi connectivity index (χ1) is 16.9. The first-order valence-corrected chi connectivity index (χ1v) is 11.6. The number of halogens is 4. The molecule has 0 bridgehead atoms. The van der Waals surface area contributed by atoms with Crippen LogP contribution in [0.15, 0.2) is 72.8 Å². The molecule has 0 spiro atoms. The van der Waals surface area contributed by atoms with E-state index in [0.29, 0.717) is 52.7 Å². The summed E-state index contributed by atoms with van der Waals surface area (Å²) in [5.41, 5.74) is 2.53. The molecule has 0 unspecified atom stereocenters. The van der Waals surface area contributed by atoms with Crippen LogP contribution in [0.1, 0.15) is 30.9 Å². The van der Waals surface area contributed by atoms with Crippen LogP contribution >= 0.6 is 0 Å². The summed E-state index contributed by atoms with van der Waals surface area (Å²) >= 11 is 0. The largest absolute Gasteiger partial charge is 0.493 e. The van der Waals surface area contributed by atoms with Gasteiger partial charge in [0.15, 0.2) is 0 Å². The van der Waals surface area contributed by atoms with Crippen LogP contribution < -0.4 is 9.47 Å². The predicted molar refractivity (Wildman–Crippen MR) is 130 cm³/mol. The van der Waals surface area contributed by atoms with Gasteiger partial charge in [-0.25, -0.2) is 8.78 Å². The molecular formula is C29H26F4O2. The van der Waals surface area contributed by atoms with Crippen molar-refractivity contribution in [2.75, 3.05) is 6.61 Å². The minimum Gasteiger partial charge on any atom is -0.493 e. The predicted octanol–water partition coefficient (Wildman–Crippen LogP) is 8.35. The van der Waals surface area contributed by atoms with Crippen LogP contribution in [0, 0.1) is 11.6 Å². The number of alkyl halides is 2. The molecule has 0 saturated carbocycles. The van der Waals surface area contributed by atoms with Crippen molar-refractivity contribution in [1.82, 2.24) is 0 Å². The maximum Gasteiger partial charge on any atom is 0.387 e. The maximum atomic E-state index is 15.2. The van der Waals surface area contributed by atoms with Crippen molar-refractivity contribution < 1.29 is 27.0 Å². The van der Waals surface area contributed by atoms with E-state index in [9.17, 15) is 13.2 Å². The molecule has 0 atom stereocenters. The van der Waals surface area contributed by atoms with Gasteiger partial charge in [-0.2, -0.15) is 8.78 Å². The summed E-state index contributed by atoms with van der Waals surface area (Å²) in [7, 11) is 0. The molecule has 6 heteroatoms. The monoisotopic (exact) mass is 482 g/mol. The second-order valence-electron chi connectivity index (χ2n) is 8.34. The Morgan fingerprint density at radius 1 is 0.800 bits per heavy atom. The Morgan fingerprint density at radius 3 is 2.29 bits per heavy atom. The second kappa shape index (κ2) is 11.3. The summed E-state index contributed by atoms with van der Waals surface area (Å²) in [5, 5.41) is 1.15. The molecule has 35 heavy (non-hydrogen) atoms. The van der Waals surface area contributed by atoms with Crippen molar-refractivity contribution in [2.45, 2.75) is 39.2 Å². The Morgan fingerprint density at radius 2 is 1.57 bits per heavy atom. The minimum atomic E-state index is -2.87. The number of hydrogen-bond acceptors (Lipinski definition) is 2. The van der Waals surface area contributed by atoms with E-state index in [1.165, 1.54) is 18.2 Å². The Bertz CT molecular complexity index is 1290. The highest BCUT2D eigenvalue weighted by atomic mass is 19.3. The number of benzene rings is 4. The molecule has 0 amide bonds. The molecule has 182 valence electrons. The van der Waals surface area contributed by atoms with Crippen LogP contribution in [0.5, 0.6) is 11.5 Å². The van der Waals surface area contributed by atoms with Gasteiger partial charge in [0.25, 0.3) is 0 Å². The van der Waals surface area contributed by atoms with Crippen LogP contribution in [-0.2, 0) is 12.8 Å². The van der Waals surface area contributed by atoms with E-state index in [1.54, 1.807) is 48.5 Å². The van der Waals surface area contributed by atoms with Gasteiger partial charge < -0.3 is 9.47 Å². The van der Waals surface area contributed by atoms with Gasteiger partial charge >= 0.3 is 6.61 Å². The quantitative estimate of drug-likeness (QED) is 0.167. The van der Waals surface area contributed by atoms with Crippen LogP contribution in [-0.4, -0.2) is 13.2 Å². The summed E-state index contributed by atoms with van der Waals surface area (Å²) in [6.45, 7) is -0.257. The van der Waals surface area contributed by atoms with Crippen molar-refractivity contribution in [3.63, 3.8) is 0 Å². The third-order valence-corrected chi connectivity index (χ3v) is 5.88. The molecule has 4 rings (SSSR count). The van der Waals surface area contributed by atoms with E-state index in [0.717, 1.165) is 18.4 Å². The lowest BCUT2D eigenvalue weighted by molar-refractivity contribution is -0.0498. The molecule has 4 aromatic carbocycles. The first-order valence-electron chi connectivity index (χ1n) is 11.6. The van der Waals surface area contributed by atoms with Crippen molar-refractivity contribution in [1.29, 1.82) is 0 Å². The molecule has 2 nitrogen and oxygen atoms in total. The summed E-state index contributed by atoms with van der Waals surface area (Å²) in [6.07, 6.45) is 2.91. The molecule has 0 fully saturated rings. The fourth-order valence-corrected chi connectivity index (χ4v) is 3.97. The molecule has 0 N–H and O–H groups in total. The lowest BCUT2D eigenvalue weighted by atomic mass is 9.97. The van der Waals surface area contributed by atoms with Crippen LogP contribution in [0.4, 0.5) is 17.6 Å². The number of unbranched alkanes of at least 4 members (excludes halogenated alkanes) is 1. The molecule has 0 aliphatic carbocycles. The van der Waals surface area contributed by atoms with Gasteiger partial charge in [0.1, 0.15) is 23.1 Å². The fraction of sp³-hybridized carbons (Fsp3) is 0.241. The van der Waals surface area contributed by atoms with E-state index in [1.807, 2.05) is 6.07 Å². The zero-order valence-corrected chi connectivity index (χ0v) is 19.4. The van der Waals surface area contributed by atoms with Crippen molar-refractivity contribution in [2.24, 2.45) is 0 Å². The van der Waals surface area contributed by atoms with Crippen LogP contribution in [0.3, 0.4) is 0 Å². The van der Waals surface area contributed by atoms with Gasteiger partial charge in [0, 0.05) is 17.0 Å². The standard InChI is InChI=1S/C29H26F4O2/c1-2-3-16-34-24-13-15-25(27(30)18-24)21-10-14-26-22(17-21)9-8-20(28(26)31)7-4-19-5-11-23(12-6-19)35-29(32)33/h5-6,8-15,17-18,29H,2-4,7,16H2,1H3. The Hall–Kier alpha value is -3.54. The Kier molecular flexibility index (Phi) is 7.91. The molecule has 0 aromatic heterocycles. The topological polar surface area (TPSA) is 18.5 Å². The van der Waals surface area contributed by atoms with E-state index >= 15 is 4.39 Å². The molecule has 0 aliphatic rings. The maximum absolute atomic E-state index is 15.2. The summed E-state index contributed by atoms with van der Waals surface area (Å²) in [5.74, 6) is -0.119. The molecule has 0 saturated heterocycles. The zero-order valence-electron chi connectivity index (χ0n) is 19.4. The SMILES string of the molecule is CCCCOc1ccc(-c2ccc3c(F)c(CCc4ccc(OC(F)F)cc4)ccc3c2)c(F)c1. The Labute approximate surface area is 202 Å².